The van der Waals surface area contributed by atoms with Gasteiger partial charge in [-0.3, -0.25) is 13.9 Å². The molecule has 0 fully saturated rings. The molecule has 4 rings (SSSR count). The van der Waals surface area contributed by atoms with Crippen molar-refractivity contribution in [3.05, 3.63) is 129 Å². The van der Waals surface area contributed by atoms with Crippen molar-refractivity contribution in [3.8, 4) is 0 Å². The molecule has 7 nitrogen and oxygen atoms in total. The number of hydrogen-bond acceptors (Lipinski definition) is 4. The topological polar surface area (TPSA) is 86.8 Å². The van der Waals surface area contributed by atoms with Crippen molar-refractivity contribution in [1.82, 2.24) is 10.2 Å². The van der Waals surface area contributed by atoms with Crippen LogP contribution in [0.4, 0.5) is 5.69 Å². The van der Waals surface area contributed by atoms with E-state index in [1.165, 1.54) is 29.2 Å². The van der Waals surface area contributed by atoms with E-state index in [1.54, 1.807) is 56.3 Å². The molecule has 0 aliphatic heterocycles. The molecule has 0 saturated heterocycles. The summed E-state index contributed by atoms with van der Waals surface area (Å²) >= 11 is 19.1. The number of para-hydroxylation sites is 1. The number of amides is 2. The number of rotatable bonds is 12. The lowest BCUT2D eigenvalue weighted by Gasteiger charge is -2.34. The summed E-state index contributed by atoms with van der Waals surface area (Å²) in [6.07, 6.45) is 0.175. The number of nitrogens with one attached hydrogen (secondary N) is 1. The highest BCUT2D eigenvalue weighted by atomic mass is 35.5. The summed E-state index contributed by atoms with van der Waals surface area (Å²) in [6, 6.07) is 25.9. The number of hydrogen-bond donors (Lipinski definition) is 1. The van der Waals surface area contributed by atoms with Crippen LogP contribution in [0.2, 0.25) is 15.1 Å². The van der Waals surface area contributed by atoms with Gasteiger partial charge in [0.2, 0.25) is 11.8 Å². The zero-order valence-electron chi connectivity index (χ0n) is 24.2. The van der Waals surface area contributed by atoms with Crippen LogP contribution in [-0.2, 0) is 32.6 Å². The summed E-state index contributed by atoms with van der Waals surface area (Å²) in [6.45, 7) is 3.15. The number of sulfonamides is 1. The summed E-state index contributed by atoms with van der Waals surface area (Å²) < 4.78 is 29.3. The summed E-state index contributed by atoms with van der Waals surface area (Å²) in [5, 5.41) is 3.83. The number of carbonyl (C=O) groups is 2. The first-order valence-corrected chi connectivity index (χ1v) is 16.5. The second-order valence-electron chi connectivity index (χ2n) is 10.1. The molecule has 0 bridgehead atoms. The second-order valence-corrected chi connectivity index (χ2v) is 13.2. The van der Waals surface area contributed by atoms with Crippen molar-refractivity contribution in [2.45, 2.75) is 37.8 Å². The maximum Gasteiger partial charge on any atom is 0.264 e. The molecular weight excluding hydrogens is 641 g/mol. The van der Waals surface area contributed by atoms with Gasteiger partial charge in [-0.05, 0) is 67.4 Å². The van der Waals surface area contributed by atoms with Crippen molar-refractivity contribution in [2.24, 2.45) is 0 Å². The van der Waals surface area contributed by atoms with E-state index < -0.39 is 34.4 Å². The van der Waals surface area contributed by atoms with Crippen LogP contribution in [0.5, 0.6) is 0 Å². The van der Waals surface area contributed by atoms with Gasteiger partial charge >= 0.3 is 0 Å². The fourth-order valence-electron chi connectivity index (χ4n) is 4.79. The molecule has 11 heteroatoms. The lowest BCUT2D eigenvalue weighted by Crippen LogP contribution is -2.53. The molecule has 4 aromatic carbocycles. The van der Waals surface area contributed by atoms with Gasteiger partial charge in [0.25, 0.3) is 10.0 Å². The summed E-state index contributed by atoms with van der Waals surface area (Å²) in [7, 11) is -4.25. The molecule has 44 heavy (non-hydrogen) atoms. The molecule has 0 radical (unpaired) electrons. The number of carbonyl (C=O) groups excluding carboxylic acids is 2. The first-order valence-electron chi connectivity index (χ1n) is 13.9. The minimum Gasteiger partial charge on any atom is -0.355 e. The summed E-state index contributed by atoms with van der Waals surface area (Å²) in [5.41, 5.74) is 2.22. The third kappa shape index (κ3) is 7.93. The summed E-state index contributed by atoms with van der Waals surface area (Å²) in [4.78, 5) is 29.4. The molecule has 0 heterocycles. The van der Waals surface area contributed by atoms with E-state index in [0.717, 1.165) is 9.87 Å². The van der Waals surface area contributed by atoms with E-state index in [2.05, 4.69) is 5.32 Å². The molecule has 2 amide bonds. The monoisotopic (exact) mass is 671 g/mol. The fraction of sp³-hybridized carbons (Fsp3) is 0.212. The number of benzene rings is 4. The van der Waals surface area contributed by atoms with Gasteiger partial charge in [0, 0.05) is 40.1 Å². The molecule has 1 atom stereocenters. The Hall–Kier alpha value is -3.56. The van der Waals surface area contributed by atoms with Crippen molar-refractivity contribution in [1.29, 1.82) is 0 Å². The molecule has 1 unspecified atom stereocenters. The third-order valence-electron chi connectivity index (χ3n) is 7.08. The van der Waals surface area contributed by atoms with Crippen LogP contribution in [0.1, 0.15) is 23.6 Å². The SMILES string of the molecule is CCNC(=O)C(Cc1ccccc1)N(Cc1c(Cl)cccc1Cl)C(=O)CN(c1ccccc1C)S(=O)(=O)c1ccc(Cl)cc1. The zero-order valence-corrected chi connectivity index (χ0v) is 27.3. The molecule has 0 saturated carbocycles. The molecule has 4 aromatic rings. The minimum atomic E-state index is -4.25. The molecule has 0 aliphatic carbocycles. The quantitative estimate of drug-likeness (QED) is 0.177. The van der Waals surface area contributed by atoms with Gasteiger partial charge in [-0.15, -0.1) is 0 Å². The third-order valence-corrected chi connectivity index (χ3v) is 9.81. The molecule has 0 aromatic heterocycles. The predicted octanol–water partition coefficient (Wildman–Crippen LogP) is 6.93. The van der Waals surface area contributed by atoms with Crippen LogP contribution in [0, 0.1) is 6.92 Å². The van der Waals surface area contributed by atoms with E-state index >= 15 is 0 Å². The number of anilines is 1. The average Bonchev–Trinajstić information content (AvgIpc) is 3.00. The number of likely N-dealkylation sites (N-methyl/N-ethyl adjacent to an activating group) is 1. The molecule has 0 aliphatic rings. The average molecular weight is 673 g/mol. The van der Waals surface area contributed by atoms with Gasteiger partial charge in [0.05, 0.1) is 10.6 Å². The Labute approximate surface area is 273 Å². The van der Waals surface area contributed by atoms with Crippen LogP contribution in [-0.4, -0.2) is 44.3 Å². The van der Waals surface area contributed by atoms with Crippen LogP contribution >= 0.6 is 34.8 Å². The van der Waals surface area contributed by atoms with E-state index in [1.807, 2.05) is 30.3 Å². The first kappa shape index (κ1) is 33.3. The smallest absolute Gasteiger partial charge is 0.264 e. The Morgan fingerprint density at radius 2 is 1.43 bits per heavy atom. The normalized spacial score (nSPS) is 11.9. The van der Waals surface area contributed by atoms with E-state index in [9.17, 15) is 18.0 Å². The number of aryl methyl sites for hydroxylation is 1. The standard InChI is InChI=1S/C33H32Cl3N3O4S/c1-3-37-33(41)31(20-24-11-5-4-6-12-24)38(21-27-28(35)13-9-14-29(27)36)32(40)22-39(30-15-8-7-10-23(30)2)44(42,43)26-18-16-25(34)17-19-26/h4-19,31H,3,20-22H2,1-2H3,(H,37,41). The molecule has 0 spiro atoms. The highest BCUT2D eigenvalue weighted by Gasteiger charge is 2.35. The Kier molecular flexibility index (Phi) is 11.3. The maximum atomic E-state index is 14.5. The Morgan fingerprint density at radius 1 is 0.818 bits per heavy atom. The van der Waals surface area contributed by atoms with E-state index in [4.69, 9.17) is 34.8 Å². The maximum absolute atomic E-state index is 14.5. The van der Waals surface area contributed by atoms with Crippen LogP contribution in [0.25, 0.3) is 0 Å². The van der Waals surface area contributed by atoms with Crippen molar-refractivity contribution >= 4 is 62.3 Å². The Morgan fingerprint density at radius 3 is 2.05 bits per heavy atom. The van der Waals surface area contributed by atoms with Crippen LogP contribution < -0.4 is 9.62 Å². The van der Waals surface area contributed by atoms with Crippen molar-refractivity contribution in [2.75, 3.05) is 17.4 Å². The molecular formula is C33H32Cl3N3O4S. The van der Waals surface area contributed by atoms with Gasteiger partial charge < -0.3 is 10.2 Å². The Bertz CT molecular complexity index is 1700. The Balaban J connectivity index is 1.84. The van der Waals surface area contributed by atoms with Gasteiger partial charge in [-0.2, -0.15) is 0 Å². The van der Waals surface area contributed by atoms with Gasteiger partial charge in [-0.25, -0.2) is 8.42 Å². The highest BCUT2D eigenvalue weighted by Crippen LogP contribution is 2.30. The van der Waals surface area contributed by atoms with Gasteiger partial charge in [0.1, 0.15) is 12.6 Å². The van der Waals surface area contributed by atoms with E-state index in [0.29, 0.717) is 38.4 Å². The minimum absolute atomic E-state index is 0.0387. The van der Waals surface area contributed by atoms with Crippen LogP contribution in [0.3, 0.4) is 0 Å². The van der Waals surface area contributed by atoms with Gasteiger partial charge in [0.15, 0.2) is 0 Å². The number of nitrogens with zero attached hydrogens (tertiary/aromatic N) is 2. The predicted molar refractivity (Wildman–Crippen MR) is 177 cm³/mol. The molecule has 1 N–H and O–H groups in total. The highest BCUT2D eigenvalue weighted by molar-refractivity contribution is 7.92. The van der Waals surface area contributed by atoms with Crippen molar-refractivity contribution in [3.63, 3.8) is 0 Å². The summed E-state index contributed by atoms with van der Waals surface area (Å²) in [5.74, 6) is -1.01. The lowest BCUT2D eigenvalue weighted by atomic mass is 10.0. The first-order chi connectivity index (χ1) is 21.0. The van der Waals surface area contributed by atoms with Gasteiger partial charge in [-0.1, -0.05) is 89.4 Å². The lowest BCUT2D eigenvalue weighted by molar-refractivity contribution is -0.140. The largest absolute Gasteiger partial charge is 0.355 e. The second kappa shape index (κ2) is 14.9. The molecule has 230 valence electrons. The zero-order chi connectivity index (χ0) is 31.9. The van der Waals surface area contributed by atoms with Crippen LogP contribution in [0.15, 0.2) is 102 Å². The number of halogens is 3. The van der Waals surface area contributed by atoms with Crippen molar-refractivity contribution < 1.29 is 18.0 Å². The fourth-order valence-corrected chi connectivity index (χ4v) is 6.91. The van der Waals surface area contributed by atoms with E-state index in [-0.39, 0.29) is 17.9 Å².